The summed E-state index contributed by atoms with van der Waals surface area (Å²) in [6, 6.07) is 14.2. The van der Waals surface area contributed by atoms with E-state index < -0.39 is 0 Å². The number of benzene rings is 1. The van der Waals surface area contributed by atoms with Gasteiger partial charge in [-0.2, -0.15) is 5.26 Å². The Labute approximate surface area is 128 Å². The molecule has 1 aliphatic heterocycles. The highest BCUT2D eigenvalue weighted by atomic mass is 15.2. The van der Waals surface area contributed by atoms with E-state index in [4.69, 9.17) is 0 Å². The number of nitrogens with zero attached hydrogens (tertiary/aromatic N) is 2. The van der Waals surface area contributed by atoms with Crippen LogP contribution in [0.15, 0.2) is 30.3 Å². The van der Waals surface area contributed by atoms with Gasteiger partial charge in [0.25, 0.3) is 0 Å². The van der Waals surface area contributed by atoms with E-state index in [-0.39, 0.29) is 5.92 Å². The quantitative estimate of drug-likeness (QED) is 0.903. The van der Waals surface area contributed by atoms with Gasteiger partial charge in [0.2, 0.25) is 0 Å². The minimum atomic E-state index is 0.239. The van der Waals surface area contributed by atoms with Gasteiger partial charge in [0.05, 0.1) is 12.0 Å². The van der Waals surface area contributed by atoms with Crippen molar-refractivity contribution >= 4 is 0 Å². The highest BCUT2D eigenvalue weighted by molar-refractivity contribution is 5.15. The number of hydrogen-bond donors (Lipinski definition) is 1. The molecule has 0 aromatic heterocycles. The fourth-order valence-corrected chi connectivity index (χ4v) is 3.72. The maximum absolute atomic E-state index is 9.17. The van der Waals surface area contributed by atoms with E-state index in [9.17, 15) is 5.26 Å². The van der Waals surface area contributed by atoms with Crippen LogP contribution in [0.3, 0.4) is 0 Å². The van der Waals surface area contributed by atoms with Gasteiger partial charge in [0.1, 0.15) is 0 Å². The lowest BCUT2D eigenvalue weighted by Gasteiger charge is -2.22. The van der Waals surface area contributed by atoms with Gasteiger partial charge in [-0.25, -0.2) is 0 Å². The first-order valence-electron chi connectivity index (χ1n) is 8.27. The monoisotopic (exact) mass is 283 g/mol. The van der Waals surface area contributed by atoms with Gasteiger partial charge < -0.3 is 10.2 Å². The maximum atomic E-state index is 9.17. The van der Waals surface area contributed by atoms with Gasteiger partial charge in [0, 0.05) is 25.2 Å². The number of likely N-dealkylation sites (tertiary alicyclic amines) is 1. The Bertz CT molecular complexity index is 479. The number of hydrogen-bond acceptors (Lipinski definition) is 3. The minimum Gasteiger partial charge on any atom is -0.309 e. The summed E-state index contributed by atoms with van der Waals surface area (Å²) >= 11 is 0. The Kier molecular flexibility index (Phi) is 4.90. The smallest absolute Gasteiger partial charge is 0.0672 e. The summed E-state index contributed by atoms with van der Waals surface area (Å²) in [4.78, 5) is 2.56. The van der Waals surface area contributed by atoms with Gasteiger partial charge in [0.15, 0.2) is 0 Å². The molecule has 2 fully saturated rings. The Morgan fingerprint density at radius 1 is 1.19 bits per heavy atom. The molecule has 1 saturated heterocycles. The van der Waals surface area contributed by atoms with Gasteiger partial charge in [-0.3, -0.25) is 0 Å². The third-order valence-corrected chi connectivity index (χ3v) is 4.96. The highest BCUT2D eigenvalue weighted by Gasteiger charge is 2.31. The Balaban J connectivity index is 1.42. The van der Waals surface area contributed by atoms with Crippen LogP contribution >= 0.6 is 0 Å². The zero-order valence-electron chi connectivity index (χ0n) is 12.7. The summed E-state index contributed by atoms with van der Waals surface area (Å²) in [6.45, 7) is 3.48. The van der Waals surface area contributed by atoms with Crippen molar-refractivity contribution in [3.63, 3.8) is 0 Å². The molecule has 1 N–H and O–H groups in total. The van der Waals surface area contributed by atoms with E-state index in [2.05, 4.69) is 46.6 Å². The maximum Gasteiger partial charge on any atom is 0.0672 e. The molecule has 3 heteroatoms. The molecule has 0 spiro atoms. The molecule has 1 aromatic rings. The molecule has 112 valence electrons. The fourth-order valence-electron chi connectivity index (χ4n) is 3.72. The molecule has 1 heterocycles. The summed E-state index contributed by atoms with van der Waals surface area (Å²) < 4.78 is 0. The van der Waals surface area contributed by atoms with E-state index in [1.165, 1.54) is 31.4 Å². The number of nitriles is 1. The third kappa shape index (κ3) is 3.84. The second-order valence-corrected chi connectivity index (χ2v) is 6.46. The standard InChI is InChI=1S/C18H25N3/c19-13-16-7-4-8-18(16)20-17-10-12-21(14-17)11-9-15-5-2-1-3-6-15/h1-3,5-6,16-18,20H,4,7-12,14H2. The molecule has 2 aliphatic rings. The van der Waals surface area contributed by atoms with Crippen molar-refractivity contribution in [1.82, 2.24) is 10.2 Å². The SMILES string of the molecule is N#CC1CCCC1NC1CCN(CCc2ccccc2)C1. The van der Waals surface area contributed by atoms with E-state index in [1.807, 2.05) is 0 Å². The average molecular weight is 283 g/mol. The molecule has 0 bridgehead atoms. The summed E-state index contributed by atoms with van der Waals surface area (Å²) in [6.07, 6.45) is 5.83. The van der Waals surface area contributed by atoms with Crippen LogP contribution in [0.5, 0.6) is 0 Å². The normalized spacial score (nSPS) is 29.6. The molecule has 1 aromatic carbocycles. The Morgan fingerprint density at radius 3 is 2.86 bits per heavy atom. The summed E-state index contributed by atoms with van der Waals surface area (Å²) in [5.74, 6) is 0.239. The molecule has 0 amide bonds. The Hall–Kier alpha value is -1.37. The van der Waals surface area contributed by atoms with Crippen molar-refractivity contribution in [2.45, 2.75) is 44.2 Å². The Morgan fingerprint density at radius 2 is 2.05 bits per heavy atom. The van der Waals surface area contributed by atoms with Crippen molar-refractivity contribution in [2.24, 2.45) is 5.92 Å². The summed E-state index contributed by atoms with van der Waals surface area (Å²) in [5, 5.41) is 12.9. The number of nitrogens with one attached hydrogen (secondary N) is 1. The predicted molar refractivity (Wildman–Crippen MR) is 84.9 cm³/mol. The molecule has 3 rings (SSSR count). The zero-order valence-corrected chi connectivity index (χ0v) is 12.7. The molecular formula is C18H25N3. The topological polar surface area (TPSA) is 39.1 Å². The van der Waals surface area contributed by atoms with Crippen molar-refractivity contribution < 1.29 is 0 Å². The number of rotatable bonds is 5. The molecular weight excluding hydrogens is 258 g/mol. The van der Waals surface area contributed by atoms with Gasteiger partial charge in [-0.15, -0.1) is 0 Å². The van der Waals surface area contributed by atoms with Crippen molar-refractivity contribution in [1.29, 1.82) is 5.26 Å². The third-order valence-electron chi connectivity index (χ3n) is 4.96. The van der Waals surface area contributed by atoms with Crippen LogP contribution in [0.2, 0.25) is 0 Å². The van der Waals surface area contributed by atoms with Crippen LogP contribution in [-0.2, 0) is 6.42 Å². The fraction of sp³-hybridized carbons (Fsp3) is 0.611. The molecule has 0 radical (unpaired) electrons. The first-order valence-corrected chi connectivity index (χ1v) is 8.27. The molecule has 3 nitrogen and oxygen atoms in total. The molecule has 3 unspecified atom stereocenters. The lowest BCUT2D eigenvalue weighted by Crippen LogP contribution is -2.41. The van der Waals surface area contributed by atoms with E-state index in [0.717, 1.165) is 25.9 Å². The van der Waals surface area contributed by atoms with E-state index >= 15 is 0 Å². The first kappa shape index (κ1) is 14.6. The summed E-state index contributed by atoms with van der Waals surface area (Å²) in [5.41, 5.74) is 1.43. The highest BCUT2D eigenvalue weighted by Crippen LogP contribution is 2.26. The largest absolute Gasteiger partial charge is 0.309 e. The van der Waals surface area contributed by atoms with Crippen molar-refractivity contribution in [3.8, 4) is 6.07 Å². The van der Waals surface area contributed by atoms with Crippen LogP contribution in [0.25, 0.3) is 0 Å². The first-order chi connectivity index (χ1) is 10.3. The average Bonchev–Trinajstić information content (AvgIpc) is 3.16. The summed E-state index contributed by atoms with van der Waals surface area (Å²) in [7, 11) is 0. The van der Waals surface area contributed by atoms with Crippen LogP contribution < -0.4 is 5.32 Å². The van der Waals surface area contributed by atoms with Crippen LogP contribution in [0.1, 0.15) is 31.2 Å². The predicted octanol–water partition coefficient (Wildman–Crippen LogP) is 2.59. The van der Waals surface area contributed by atoms with Crippen LogP contribution in [0, 0.1) is 17.2 Å². The van der Waals surface area contributed by atoms with Crippen molar-refractivity contribution in [3.05, 3.63) is 35.9 Å². The molecule has 21 heavy (non-hydrogen) atoms. The minimum absolute atomic E-state index is 0.239. The van der Waals surface area contributed by atoms with E-state index in [1.54, 1.807) is 0 Å². The molecule has 3 atom stereocenters. The second kappa shape index (κ2) is 7.06. The van der Waals surface area contributed by atoms with Crippen LogP contribution in [0.4, 0.5) is 0 Å². The molecule has 1 aliphatic carbocycles. The second-order valence-electron chi connectivity index (χ2n) is 6.46. The van der Waals surface area contributed by atoms with Gasteiger partial charge >= 0.3 is 0 Å². The van der Waals surface area contributed by atoms with Gasteiger partial charge in [-0.05, 0) is 37.8 Å². The molecule has 1 saturated carbocycles. The van der Waals surface area contributed by atoms with Crippen LogP contribution in [-0.4, -0.2) is 36.6 Å². The van der Waals surface area contributed by atoms with Crippen molar-refractivity contribution in [2.75, 3.05) is 19.6 Å². The zero-order chi connectivity index (χ0) is 14.5. The van der Waals surface area contributed by atoms with E-state index in [0.29, 0.717) is 12.1 Å². The lowest BCUT2D eigenvalue weighted by molar-refractivity contribution is 0.320. The lowest BCUT2D eigenvalue weighted by atomic mass is 10.0. The van der Waals surface area contributed by atoms with Gasteiger partial charge in [-0.1, -0.05) is 36.8 Å².